The molecule has 1 fully saturated rings. The van der Waals surface area contributed by atoms with E-state index in [9.17, 15) is 10.2 Å². The fourth-order valence-corrected chi connectivity index (χ4v) is 3.30. The summed E-state index contributed by atoms with van der Waals surface area (Å²) >= 11 is 0. The molecule has 0 bridgehead atoms. The van der Waals surface area contributed by atoms with E-state index in [1.807, 2.05) is 12.1 Å². The monoisotopic (exact) mass is 317 g/mol. The first-order valence-corrected chi connectivity index (χ1v) is 8.01. The number of nitrogens with two attached hydrogens (primary N) is 1. The average molecular weight is 317 g/mol. The lowest BCUT2D eigenvalue weighted by molar-refractivity contribution is -0.0291. The quantitative estimate of drug-likeness (QED) is 0.791. The van der Waals surface area contributed by atoms with Crippen LogP contribution < -0.4 is 10.5 Å². The fourth-order valence-electron chi connectivity index (χ4n) is 3.30. The number of methoxy groups -OCH3 is 1. The molecule has 4 N–H and O–H groups in total. The summed E-state index contributed by atoms with van der Waals surface area (Å²) in [5.74, 6) is 0.439. The van der Waals surface area contributed by atoms with Gasteiger partial charge in [-0.3, -0.25) is 0 Å². The van der Waals surface area contributed by atoms with E-state index in [2.05, 4.69) is 9.97 Å². The molecule has 0 aliphatic heterocycles. The van der Waals surface area contributed by atoms with Crippen molar-refractivity contribution in [3.63, 3.8) is 0 Å². The van der Waals surface area contributed by atoms with Gasteiger partial charge in [0.25, 0.3) is 0 Å². The van der Waals surface area contributed by atoms with Crippen LogP contribution in [0.3, 0.4) is 0 Å². The number of aliphatic hydroxyl groups is 2. The van der Waals surface area contributed by atoms with Crippen molar-refractivity contribution in [2.24, 2.45) is 11.7 Å². The molecule has 1 aliphatic carbocycles. The van der Waals surface area contributed by atoms with Crippen molar-refractivity contribution in [2.45, 2.75) is 43.9 Å². The van der Waals surface area contributed by atoms with Crippen LogP contribution in [0, 0.1) is 5.92 Å². The molecule has 23 heavy (non-hydrogen) atoms. The molecule has 0 amide bonds. The van der Waals surface area contributed by atoms with Gasteiger partial charge in [0, 0.05) is 11.6 Å². The second kappa shape index (κ2) is 6.78. The Morgan fingerprint density at radius 1 is 1.22 bits per heavy atom. The van der Waals surface area contributed by atoms with Gasteiger partial charge in [0.2, 0.25) is 5.88 Å². The topological polar surface area (TPSA) is 101 Å². The Morgan fingerprint density at radius 2 is 1.96 bits per heavy atom. The number of nitrogens with zero attached hydrogens (tertiary/aromatic N) is 2. The third-order valence-electron chi connectivity index (χ3n) is 4.73. The Bertz CT molecular complexity index is 671. The van der Waals surface area contributed by atoms with E-state index in [1.54, 1.807) is 6.07 Å². The number of ether oxygens (including phenoxy) is 1. The lowest BCUT2D eigenvalue weighted by atomic mass is 9.80. The van der Waals surface area contributed by atoms with Crippen LogP contribution >= 0.6 is 0 Å². The van der Waals surface area contributed by atoms with E-state index in [-0.39, 0.29) is 12.0 Å². The highest BCUT2D eigenvalue weighted by atomic mass is 16.5. The molecule has 0 saturated heterocycles. The van der Waals surface area contributed by atoms with Crippen molar-refractivity contribution >= 4 is 11.0 Å². The minimum absolute atomic E-state index is 0.0543. The van der Waals surface area contributed by atoms with Crippen molar-refractivity contribution < 1.29 is 14.9 Å². The minimum Gasteiger partial charge on any atom is -0.480 e. The number of hydrogen-bond acceptors (Lipinski definition) is 6. The summed E-state index contributed by atoms with van der Waals surface area (Å²) in [6, 6.07) is 5.62. The molecule has 6 nitrogen and oxygen atoms in total. The van der Waals surface area contributed by atoms with Crippen LogP contribution in [0.1, 0.15) is 37.4 Å². The van der Waals surface area contributed by atoms with Crippen LogP contribution in [0.25, 0.3) is 11.0 Å². The highest BCUT2D eigenvalue weighted by Gasteiger charge is 2.31. The predicted octanol–water partition coefficient (Wildman–Crippen LogP) is 1.55. The van der Waals surface area contributed by atoms with Gasteiger partial charge in [-0.2, -0.15) is 0 Å². The van der Waals surface area contributed by atoms with Crippen LogP contribution in [-0.2, 0) is 0 Å². The highest BCUT2D eigenvalue weighted by molar-refractivity contribution is 5.78. The maximum atomic E-state index is 10.7. The number of benzene rings is 1. The van der Waals surface area contributed by atoms with E-state index in [0.29, 0.717) is 22.5 Å². The Morgan fingerprint density at radius 3 is 2.65 bits per heavy atom. The minimum atomic E-state index is -1.00. The number of rotatable bonds is 4. The van der Waals surface area contributed by atoms with Crippen molar-refractivity contribution in [3.05, 3.63) is 30.0 Å². The first kappa shape index (κ1) is 16.1. The molecule has 1 heterocycles. The molecule has 1 saturated carbocycles. The number of hydrogen-bond donors (Lipinski definition) is 3. The van der Waals surface area contributed by atoms with Crippen molar-refractivity contribution in [2.75, 3.05) is 7.11 Å². The van der Waals surface area contributed by atoms with Crippen molar-refractivity contribution in [1.82, 2.24) is 9.97 Å². The third kappa shape index (κ3) is 3.29. The first-order valence-electron chi connectivity index (χ1n) is 8.01. The maximum absolute atomic E-state index is 10.7. The van der Waals surface area contributed by atoms with E-state index in [4.69, 9.17) is 10.5 Å². The molecular weight excluding hydrogens is 294 g/mol. The van der Waals surface area contributed by atoms with Gasteiger partial charge in [-0.25, -0.2) is 9.97 Å². The van der Waals surface area contributed by atoms with E-state index in [0.717, 1.165) is 25.7 Å². The molecule has 0 spiro atoms. The lowest BCUT2D eigenvalue weighted by Gasteiger charge is -2.32. The van der Waals surface area contributed by atoms with Crippen LogP contribution in [0.4, 0.5) is 0 Å². The molecule has 1 aromatic carbocycles. The zero-order valence-electron chi connectivity index (χ0n) is 13.2. The van der Waals surface area contributed by atoms with Gasteiger partial charge in [0.1, 0.15) is 6.10 Å². The van der Waals surface area contributed by atoms with Crippen molar-refractivity contribution in [1.29, 1.82) is 0 Å². The Hall–Kier alpha value is -1.76. The molecule has 6 heteroatoms. The van der Waals surface area contributed by atoms with E-state index < -0.39 is 12.2 Å². The molecule has 2 atom stereocenters. The molecular formula is C17H23N3O3. The number of fused-ring (bicyclic) bond motifs is 1. The van der Waals surface area contributed by atoms with Gasteiger partial charge >= 0.3 is 0 Å². The van der Waals surface area contributed by atoms with Gasteiger partial charge in [-0.05, 0) is 37.7 Å². The SMILES string of the molecule is COc1cnc2cccc([C@H](O)[C@@H](O)C3CCC(N)CC3)c2n1. The molecule has 3 rings (SSSR count). The number of aliphatic hydroxyl groups excluding tert-OH is 2. The second-order valence-corrected chi connectivity index (χ2v) is 6.24. The van der Waals surface area contributed by atoms with Gasteiger partial charge in [0.15, 0.2) is 0 Å². The van der Waals surface area contributed by atoms with Crippen molar-refractivity contribution in [3.8, 4) is 5.88 Å². The van der Waals surface area contributed by atoms with E-state index >= 15 is 0 Å². The van der Waals surface area contributed by atoms with Gasteiger partial charge < -0.3 is 20.7 Å². The lowest BCUT2D eigenvalue weighted by Crippen LogP contribution is -2.35. The maximum Gasteiger partial charge on any atom is 0.232 e. The zero-order valence-corrected chi connectivity index (χ0v) is 13.2. The third-order valence-corrected chi connectivity index (χ3v) is 4.73. The summed E-state index contributed by atoms with van der Waals surface area (Å²) in [5.41, 5.74) is 7.72. The molecule has 0 radical (unpaired) electrons. The number of para-hydroxylation sites is 1. The second-order valence-electron chi connectivity index (χ2n) is 6.24. The van der Waals surface area contributed by atoms with Crippen LogP contribution in [0.2, 0.25) is 0 Å². The summed E-state index contributed by atoms with van der Waals surface area (Å²) < 4.78 is 5.11. The van der Waals surface area contributed by atoms with Gasteiger partial charge in [-0.15, -0.1) is 0 Å². The predicted molar refractivity (Wildman–Crippen MR) is 87.0 cm³/mol. The van der Waals surface area contributed by atoms with Crippen LogP contribution in [-0.4, -0.2) is 39.4 Å². The highest BCUT2D eigenvalue weighted by Crippen LogP contribution is 2.34. The van der Waals surface area contributed by atoms with Gasteiger partial charge in [0.05, 0.1) is 30.4 Å². The smallest absolute Gasteiger partial charge is 0.232 e. The van der Waals surface area contributed by atoms with Crippen LogP contribution in [0.15, 0.2) is 24.4 Å². The molecule has 1 aliphatic rings. The largest absolute Gasteiger partial charge is 0.480 e. The Kier molecular flexibility index (Phi) is 4.75. The summed E-state index contributed by atoms with van der Waals surface area (Å²) in [6.07, 6.45) is 3.14. The normalized spacial score (nSPS) is 24.3. The zero-order chi connectivity index (χ0) is 16.4. The van der Waals surface area contributed by atoms with Crippen LogP contribution in [0.5, 0.6) is 5.88 Å². The average Bonchev–Trinajstić information content (AvgIpc) is 2.60. The molecule has 2 aromatic rings. The van der Waals surface area contributed by atoms with E-state index in [1.165, 1.54) is 13.3 Å². The number of aromatic nitrogens is 2. The molecule has 1 aromatic heterocycles. The molecule has 0 unspecified atom stereocenters. The summed E-state index contributed by atoms with van der Waals surface area (Å²) in [6.45, 7) is 0. The standard InChI is InChI=1S/C17H23N3O3/c1-23-14-9-19-13-4-2-3-12(15(13)20-14)17(22)16(21)10-5-7-11(18)8-6-10/h2-4,9-11,16-17,21-22H,5-8,18H2,1H3/t10?,11?,16-,17-/m0/s1. The Balaban J connectivity index is 1.89. The summed E-state index contributed by atoms with van der Waals surface area (Å²) in [7, 11) is 1.52. The fraction of sp³-hybridized carbons (Fsp3) is 0.529. The molecule has 124 valence electrons. The Labute approximate surface area is 135 Å². The summed E-state index contributed by atoms with van der Waals surface area (Å²) in [5, 5.41) is 21.3. The first-order chi connectivity index (χ1) is 11.1. The summed E-state index contributed by atoms with van der Waals surface area (Å²) in [4.78, 5) is 8.66. The van der Waals surface area contributed by atoms with Gasteiger partial charge in [-0.1, -0.05) is 12.1 Å².